The number of amides is 1. The number of nitrogens with one attached hydrogen (secondary N) is 1. The van der Waals surface area contributed by atoms with Crippen LogP contribution in [0.4, 0.5) is 20.2 Å². The summed E-state index contributed by atoms with van der Waals surface area (Å²) in [5.41, 5.74) is 5.46. The molecule has 18 heavy (non-hydrogen) atoms. The van der Waals surface area contributed by atoms with Crippen LogP contribution in [-0.2, 0) is 0 Å². The van der Waals surface area contributed by atoms with Gasteiger partial charge in [0.25, 0.3) is 5.91 Å². The van der Waals surface area contributed by atoms with Crippen LogP contribution in [0.1, 0.15) is 10.4 Å². The fraction of sp³-hybridized carbons (Fsp3) is 0. The third-order valence-corrected chi connectivity index (χ3v) is 2.40. The highest BCUT2D eigenvalue weighted by Gasteiger charge is 2.15. The minimum Gasteiger partial charge on any atom is -0.397 e. The minimum absolute atomic E-state index is 0.0295. The van der Waals surface area contributed by atoms with Crippen molar-refractivity contribution in [2.75, 3.05) is 11.1 Å². The lowest BCUT2D eigenvalue weighted by atomic mass is 10.2. The van der Waals surface area contributed by atoms with Gasteiger partial charge in [0.15, 0.2) is 11.6 Å². The number of hydrogen-bond acceptors (Lipinski definition) is 2. The van der Waals surface area contributed by atoms with Gasteiger partial charge in [0.1, 0.15) is 5.69 Å². The van der Waals surface area contributed by atoms with Crippen LogP contribution in [0.2, 0.25) is 0 Å². The Labute approximate surface area is 102 Å². The first-order valence-corrected chi connectivity index (χ1v) is 5.19. The lowest BCUT2D eigenvalue weighted by Gasteiger charge is -2.09. The highest BCUT2D eigenvalue weighted by Crippen LogP contribution is 2.25. The normalized spacial score (nSPS) is 10.1. The van der Waals surface area contributed by atoms with Gasteiger partial charge in [-0.05, 0) is 24.3 Å². The Hall–Kier alpha value is -2.43. The van der Waals surface area contributed by atoms with Crippen LogP contribution < -0.4 is 11.1 Å². The molecule has 3 nitrogen and oxygen atoms in total. The van der Waals surface area contributed by atoms with E-state index in [2.05, 4.69) is 5.32 Å². The third kappa shape index (κ3) is 2.29. The number of carbonyl (C=O) groups is 1. The minimum atomic E-state index is -1.17. The number of rotatable bonds is 2. The Balaban J connectivity index is 2.30. The van der Waals surface area contributed by atoms with Crippen molar-refractivity contribution in [1.29, 1.82) is 0 Å². The van der Waals surface area contributed by atoms with Gasteiger partial charge in [0.2, 0.25) is 0 Å². The lowest BCUT2D eigenvalue weighted by molar-refractivity contribution is 0.102. The van der Waals surface area contributed by atoms with Gasteiger partial charge in [-0.2, -0.15) is 0 Å². The zero-order valence-corrected chi connectivity index (χ0v) is 9.28. The smallest absolute Gasteiger partial charge is 0.255 e. The van der Waals surface area contributed by atoms with E-state index in [1.54, 1.807) is 30.3 Å². The first-order valence-electron chi connectivity index (χ1n) is 5.19. The van der Waals surface area contributed by atoms with Gasteiger partial charge < -0.3 is 11.1 Å². The van der Waals surface area contributed by atoms with Crippen molar-refractivity contribution >= 4 is 17.3 Å². The zero-order chi connectivity index (χ0) is 13.1. The molecule has 2 rings (SSSR count). The average Bonchev–Trinajstić information content (AvgIpc) is 2.40. The van der Waals surface area contributed by atoms with E-state index in [4.69, 9.17) is 5.73 Å². The van der Waals surface area contributed by atoms with Gasteiger partial charge in [-0.3, -0.25) is 4.79 Å². The quantitative estimate of drug-likeness (QED) is 0.803. The Morgan fingerprint density at radius 2 is 1.72 bits per heavy atom. The molecule has 5 heteroatoms. The first-order chi connectivity index (χ1) is 8.59. The van der Waals surface area contributed by atoms with E-state index in [-0.39, 0.29) is 11.4 Å². The number of nitrogens with two attached hydrogens (primary N) is 1. The molecular formula is C13H10F2N2O. The number of benzene rings is 2. The molecule has 0 saturated carbocycles. The average molecular weight is 248 g/mol. The number of anilines is 2. The molecule has 0 saturated heterocycles. The molecule has 0 spiro atoms. The van der Waals surface area contributed by atoms with Crippen molar-refractivity contribution in [3.05, 3.63) is 59.7 Å². The summed E-state index contributed by atoms with van der Waals surface area (Å²) in [6, 6.07) is 10.3. The summed E-state index contributed by atoms with van der Waals surface area (Å²) < 4.78 is 26.5. The predicted molar refractivity (Wildman–Crippen MR) is 65.2 cm³/mol. The van der Waals surface area contributed by atoms with E-state index in [1.165, 1.54) is 6.07 Å². The summed E-state index contributed by atoms with van der Waals surface area (Å²) in [4.78, 5) is 11.8. The molecule has 2 aromatic rings. The van der Waals surface area contributed by atoms with E-state index in [0.717, 1.165) is 6.07 Å². The maximum absolute atomic E-state index is 13.5. The van der Waals surface area contributed by atoms with Crippen LogP contribution in [0.5, 0.6) is 0 Å². The lowest BCUT2D eigenvalue weighted by Crippen LogP contribution is -2.15. The molecule has 0 aliphatic carbocycles. The van der Waals surface area contributed by atoms with Crippen LogP contribution in [0.3, 0.4) is 0 Å². The summed E-state index contributed by atoms with van der Waals surface area (Å²) in [6.07, 6.45) is 0. The van der Waals surface area contributed by atoms with E-state index < -0.39 is 17.5 Å². The molecule has 0 aliphatic heterocycles. The third-order valence-electron chi connectivity index (χ3n) is 2.40. The van der Waals surface area contributed by atoms with Crippen molar-refractivity contribution in [1.82, 2.24) is 0 Å². The van der Waals surface area contributed by atoms with Crippen LogP contribution in [0, 0.1) is 11.6 Å². The molecule has 0 radical (unpaired) electrons. The molecule has 1 amide bonds. The SMILES string of the molecule is Nc1ccc(F)c(F)c1NC(=O)c1ccccc1. The molecule has 0 heterocycles. The highest BCUT2D eigenvalue weighted by molar-refractivity contribution is 6.05. The second-order valence-corrected chi connectivity index (χ2v) is 3.65. The summed E-state index contributed by atoms with van der Waals surface area (Å²) in [7, 11) is 0. The summed E-state index contributed by atoms with van der Waals surface area (Å²) in [6.45, 7) is 0. The first kappa shape index (κ1) is 12.0. The standard InChI is InChI=1S/C13H10F2N2O/c14-9-6-7-10(16)12(11(9)15)17-13(18)8-4-2-1-3-5-8/h1-7H,16H2,(H,17,18). The van der Waals surface area contributed by atoms with Gasteiger partial charge in [0.05, 0.1) is 5.69 Å². The van der Waals surface area contributed by atoms with Crippen LogP contribution in [0.15, 0.2) is 42.5 Å². The van der Waals surface area contributed by atoms with Crippen molar-refractivity contribution in [3.8, 4) is 0 Å². The molecule has 0 unspecified atom stereocenters. The van der Waals surface area contributed by atoms with Gasteiger partial charge in [0, 0.05) is 5.56 Å². The molecule has 0 bridgehead atoms. The molecule has 0 aromatic heterocycles. The summed E-state index contributed by atoms with van der Waals surface area (Å²) in [5.74, 6) is -2.78. The Bertz CT molecular complexity index is 585. The topological polar surface area (TPSA) is 55.1 Å². The van der Waals surface area contributed by atoms with Crippen molar-refractivity contribution in [3.63, 3.8) is 0 Å². The fourth-order valence-electron chi connectivity index (χ4n) is 1.47. The van der Waals surface area contributed by atoms with Crippen molar-refractivity contribution in [2.45, 2.75) is 0 Å². The van der Waals surface area contributed by atoms with Crippen LogP contribution >= 0.6 is 0 Å². The van der Waals surface area contributed by atoms with Gasteiger partial charge >= 0.3 is 0 Å². The number of nitrogen functional groups attached to an aromatic ring is 1. The van der Waals surface area contributed by atoms with E-state index in [1.807, 2.05) is 0 Å². The van der Waals surface area contributed by atoms with Gasteiger partial charge in [-0.1, -0.05) is 18.2 Å². The number of halogens is 2. The maximum Gasteiger partial charge on any atom is 0.255 e. The Morgan fingerprint density at radius 3 is 2.39 bits per heavy atom. The Kier molecular flexibility index (Phi) is 3.23. The van der Waals surface area contributed by atoms with E-state index >= 15 is 0 Å². The summed E-state index contributed by atoms with van der Waals surface area (Å²) >= 11 is 0. The van der Waals surface area contributed by atoms with Gasteiger partial charge in [-0.25, -0.2) is 8.78 Å². The number of carbonyl (C=O) groups excluding carboxylic acids is 1. The molecule has 0 fully saturated rings. The van der Waals surface area contributed by atoms with Gasteiger partial charge in [-0.15, -0.1) is 0 Å². The summed E-state index contributed by atoms with van der Waals surface area (Å²) in [5, 5.41) is 2.26. The number of hydrogen-bond donors (Lipinski definition) is 2. The molecular weight excluding hydrogens is 238 g/mol. The maximum atomic E-state index is 13.5. The van der Waals surface area contributed by atoms with Crippen molar-refractivity contribution < 1.29 is 13.6 Å². The predicted octanol–water partition coefficient (Wildman–Crippen LogP) is 2.80. The van der Waals surface area contributed by atoms with Crippen molar-refractivity contribution in [2.24, 2.45) is 0 Å². The zero-order valence-electron chi connectivity index (χ0n) is 9.28. The molecule has 92 valence electrons. The molecule has 0 atom stereocenters. The Morgan fingerprint density at radius 1 is 1.06 bits per heavy atom. The fourth-order valence-corrected chi connectivity index (χ4v) is 1.47. The van der Waals surface area contributed by atoms with E-state index in [9.17, 15) is 13.6 Å². The molecule has 2 aromatic carbocycles. The van der Waals surface area contributed by atoms with Crippen LogP contribution in [0.25, 0.3) is 0 Å². The van der Waals surface area contributed by atoms with Crippen LogP contribution in [-0.4, -0.2) is 5.91 Å². The second kappa shape index (κ2) is 4.83. The molecule has 0 aliphatic rings. The molecule has 3 N–H and O–H groups in total. The second-order valence-electron chi connectivity index (χ2n) is 3.65. The highest BCUT2D eigenvalue weighted by atomic mass is 19.2. The monoisotopic (exact) mass is 248 g/mol. The van der Waals surface area contributed by atoms with E-state index in [0.29, 0.717) is 5.56 Å². The largest absolute Gasteiger partial charge is 0.397 e.